The van der Waals surface area contributed by atoms with E-state index in [4.69, 9.17) is 4.74 Å². The minimum Gasteiger partial charge on any atom is -0.426 e. The summed E-state index contributed by atoms with van der Waals surface area (Å²) in [6.45, 7) is 4.01. The first-order valence-electron chi connectivity index (χ1n) is 11.6. The molecule has 0 aromatic heterocycles. The topological polar surface area (TPSA) is 84.0 Å². The van der Waals surface area contributed by atoms with Crippen molar-refractivity contribution in [1.29, 1.82) is 0 Å². The lowest BCUT2D eigenvalue weighted by molar-refractivity contribution is -0.139. The van der Waals surface area contributed by atoms with Crippen LogP contribution in [0.5, 0.6) is 5.75 Å². The van der Waals surface area contributed by atoms with Gasteiger partial charge in [0.2, 0.25) is 17.7 Å². The number of benzene rings is 2. The number of carbonyl (C=O) groups excluding carboxylic acids is 4. The van der Waals surface area contributed by atoms with Crippen LogP contribution in [0.25, 0.3) is 0 Å². The second kappa shape index (κ2) is 8.56. The number of ether oxygens (including phenoxy) is 1. The van der Waals surface area contributed by atoms with Crippen LogP contribution in [0.3, 0.4) is 0 Å². The van der Waals surface area contributed by atoms with Gasteiger partial charge in [0.05, 0.1) is 23.4 Å². The number of fused-ring (bicyclic) bond motifs is 1. The Hall–Kier alpha value is -3.74. The molecule has 0 saturated carbocycles. The Morgan fingerprint density at radius 1 is 0.941 bits per heavy atom. The molecule has 3 atom stereocenters. The van der Waals surface area contributed by atoms with Gasteiger partial charge in [-0.2, -0.15) is 0 Å². The maximum absolute atomic E-state index is 12.9. The molecule has 2 saturated heterocycles. The number of anilines is 2. The van der Waals surface area contributed by atoms with Crippen LogP contribution in [0.2, 0.25) is 0 Å². The van der Waals surface area contributed by atoms with Crippen LogP contribution in [-0.4, -0.2) is 30.2 Å². The van der Waals surface area contributed by atoms with Gasteiger partial charge in [0, 0.05) is 18.7 Å². The number of allylic oxidation sites excluding steroid dienone is 2. The minimum atomic E-state index is -0.564. The molecule has 2 heterocycles. The Kier molecular flexibility index (Phi) is 5.55. The standard InChI is InChI=1S/C27H26N2O5/c1-16-6-5-7-19(12-16)28-15-18(14-24(28)30)27(33)34-20-10-11-23(17(2)13-20)29-25(31)21-8-3-4-9-22(21)26(29)32/h3-7,10-13,18,21-22H,8-9,14-15H2,1-2H3/t18-,21-,22+/m0/s1. The molecule has 34 heavy (non-hydrogen) atoms. The Morgan fingerprint density at radius 2 is 1.65 bits per heavy atom. The number of nitrogens with zero attached hydrogens (tertiary/aromatic N) is 2. The molecule has 0 radical (unpaired) electrons. The van der Waals surface area contributed by atoms with Crippen molar-refractivity contribution in [1.82, 2.24) is 0 Å². The Morgan fingerprint density at radius 3 is 2.29 bits per heavy atom. The van der Waals surface area contributed by atoms with Gasteiger partial charge in [-0.05, 0) is 68.1 Å². The molecule has 7 heteroatoms. The van der Waals surface area contributed by atoms with Gasteiger partial charge >= 0.3 is 5.97 Å². The molecule has 0 N–H and O–H groups in total. The number of carbonyl (C=O) groups is 4. The quantitative estimate of drug-likeness (QED) is 0.302. The maximum Gasteiger partial charge on any atom is 0.316 e. The zero-order chi connectivity index (χ0) is 24.0. The molecule has 3 amide bonds. The highest BCUT2D eigenvalue weighted by atomic mass is 16.5. The first kappa shape index (κ1) is 22.1. The van der Waals surface area contributed by atoms with Crippen molar-refractivity contribution in [2.45, 2.75) is 33.1 Å². The Bertz CT molecular complexity index is 1210. The molecule has 2 aliphatic heterocycles. The van der Waals surface area contributed by atoms with E-state index in [-0.39, 0.29) is 42.5 Å². The van der Waals surface area contributed by atoms with Crippen LogP contribution in [0, 0.1) is 31.6 Å². The van der Waals surface area contributed by atoms with Crippen molar-refractivity contribution < 1.29 is 23.9 Å². The summed E-state index contributed by atoms with van der Waals surface area (Å²) in [7, 11) is 0. The van der Waals surface area contributed by atoms with E-state index >= 15 is 0 Å². The second-order valence-electron chi connectivity index (χ2n) is 9.28. The lowest BCUT2D eigenvalue weighted by Crippen LogP contribution is -2.31. The summed E-state index contributed by atoms with van der Waals surface area (Å²) in [5.41, 5.74) is 3.00. The summed E-state index contributed by atoms with van der Waals surface area (Å²) in [6.07, 6.45) is 5.18. The van der Waals surface area contributed by atoms with Crippen LogP contribution in [-0.2, 0) is 19.2 Å². The predicted molar refractivity (Wildman–Crippen MR) is 126 cm³/mol. The zero-order valence-corrected chi connectivity index (χ0v) is 19.2. The highest BCUT2D eigenvalue weighted by Gasteiger charge is 2.48. The summed E-state index contributed by atoms with van der Waals surface area (Å²) < 4.78 is 5.59. The van der Waals surface area contributed by atoms with Gasteiger partial charge < -0.3 is 9.64 Å². The summed E-state index contributed by atoms with van der Waals surface area (Å²) in [6, 6.07) is 12.5. The van der Waals surface area contributed by atoms with Crippen molar-refractivity contribution in [3.05, 3.63) is 65.7 Å². The van der Waals surface area contributed by atoms with E-state index in [2.05, 4.69) is 0 Å². The molecular weight excluding hydrogens is 432 g/mol. The summed E-state index contributed by atoms with van der Waals surface area (Å²) in [4.78, 5) is 54.0. The predicted octanol–water partition coefficient (Wildman–Crippen LogP) is 3.72. The van der Waals surface area contributed by atoms with Crippen molar-refractivity contribution >= 4 is 35.1 Å². The number of hydrogen-bond acceptors (Lipinski definition) is 5. The van der Waals surface area contributed by atoms with Crippen LogP contribution in [0.15, 0.2) is 54.6 Å². The molecular formula is C27H26N2O5. The highest BCUT2D eigenvalue weighted by Crippen LogP contribution is 2.39. The van der Waals surface area contributed by atoms with Gasteiger partial charge in [0.25, 0.3) is 0 Å². The Labute approximate surface area is 198 Å². The number of amides is 3. The van der Waals surface area contributed by atoms with Crippen LogP contribution in [0.1, 0.15) is 30.4 Å². The van der Waals surface area contributed by atoms with Gasteiger partial charge in [-0.25, -0.2) is 4.90 Å². The van der Waals surface area contributed by atoms with E-state index < -0.39 is 11.9 Å². The molecule has 2 fully saturated rings. The molecule has 1 aliphatic carbocycles. The van der Waals surface area contributed by atoms with E-state index in [9.17, 15) is 19.2 Å². The lowest BCUT2D eigenvalue weighted by Gasteiger charge is -2.19. The smallest absolute Gasteiger partial charge is 0.316 e. The van der Waals surface area contributed by atoms with Gasteiger partial charge in [-0.15, -0.1) is 0 Å². The van der Waals surface area contributed by atoms with E-state index in [0.29, 0.717) is 29.8 Å². The number of imide groups is 1. The lowest BCUT2D eigenvalue weighted by atomic mass is 9.85. The Balaban J connectivity index is 1.28. The number of hydrogen-bond donors (Lipinski definition) is 0. The molecule has 0 bridgehead atoms. The average Bonchev–Trinajstić information content (AvgIpc) is 3.32. The second-order valence-corrected chi connectivity index (χ2v) is 9.28. The minimum absolute atomic E-state index is 0.0947. The van der Waals surface area contributed by atoms with E-state index in [1.165, 1.54) is 4.90 Å². The third kappa shape index (κ3) is 3.81. The SMILES string of the molecule is Cc1cccc(N2C[C@@H](C(=O)Oc3ccc(N4C(=O)[C@H]5CC=CC[C@H]5C4=O)c(C)c3)CC2=O)c1. The first-order chi connectivity index (χ1) is 16.3. The van der Waals surface area contributed by atoms with Crippen molar-refractivity contribution in [2.75, 3.05) is 16.3 Å². The van der Waals surface area contributed by atoms with Crippen molar-refractivity contribution in [2.24, 2.45) is 17.8 Å². The molecule has 2 aromatic rings. The normalized spacial score (nSPS) is 24.1. The number of rotatable bonds is 4. The summed E-state index contributed by atoms with van der Waals surface area (Å²) in [5, 5.41) is 0. The number of esters is 1. The van der Waals surface area contributed by atoms with Gasteiger partial charge in [-0.3, -0.25) is 19.2 Å². The monoisotopic (exact) mass is 458 g/mol. The molecule has 0 spiro atoms. The summed E-state index contributed by atoms with van der Waals surface area (Å²) >= 11 is 0. The highest BCUT2D eigenvalue weighted by molar-refractivity contribution is 6.22. The van der Waals surface area contributed by atoms with E-state index in [1.54, 1.807) is 30.0 Å². The molecule has 7 nitrogen and oxygen atoms in total. The maximum atomic E-state index is 12.9. The van der Waals surface area contributed by atoms with Crippen LogP contribution < -0.4 is 14.5 Å². The molecule has 5 rings (SSSR count). The van der Waals surface area contributed by atoms with Crippen LogP contribution in [0.4, 0.5) is 11.4 Å². The fourth-order valence-corrected chi connectivity index (χ4v) is 5.09. The third-order valence-electron chi connectivity index (χ3n) is 6.91. The van der Waals surface area contributed by atoms with Gasteiger partial charge in [0.15, 0.2) is 0 Å². The first-order valence-corrected chi connectivity index (χ1v) is 11.6. The van der Waals surface area contributed by atoms with Crippen molar-refractivity contribution in [3.63, 3.8) is 0 Å². The molecule has 2 aromatic carbocycles. The molecule has 174 valence electrons. The van der Waals surface area contributed by atoms with E-state index in [1.807, 2.05) is 43.3 Å². The fraction of sp³-hybridized carbons (Fsp3) is 0.333. The average molecular weight is 459 g/mol. The number of aryl methyl sites for hydroxylation is 2. The van der Waals surface area contributed by atoms with Crippen LogP contribution >= 0.6 is 0 Å². The van der Waals surface area contributed by atoms with Gasteiger partial charge in [0.1, 0.15) is 5.75 Å². The van der Waals surface area contributed by atoms with Crippen molar-refractivity contribution in [3.8, 4) is 5.75 Å². The molecule has 0 unspecified atom stereocenters. The zero-order valence-electron chi connectivity index (χ0n) is 19.2. The summed E-state index contributed by atoms with van der Waals surface area (Å²) in [5.74, 6) is -1.77. The van der Waals surface area contributed by atoms with E-state index in [0.717, 1.165) is 11.3 Å². The third-order valence-corrected chi connectivity index (χ3v) is 6.91. The fourth-order valence-electron chi connectivity index (χ4n) is 5.09. The molecule has 3 aliphatic rings. The van der Waals surface area contributed by atoms with Gasteiger partial charge in [-0.1, -0.05) is 24.3 Å². The largest absolute Gasteiger partial charge is 0.426 e.